The van der Waals surface area contributed by atoms with E-state index in [4.69, 9.17) is 18.6 Å². The van der Waals surface area contributed by atoms with Crippen LogP contribution in [0.4, 0.5) is 0 Å². The third-order valence-corrected chi connectivity index (χ3v) is 3.70. The fourth-order valence-electron chi connectivity index (χ4n) is 2.66. The zero-order chi connectivity index (χ0) is 20.7. The molecule has 2 aromatic carbocycles. The van der Waals surface area contributed by atoms with Crippen LogP contribution in [0, 0.1) is 17.2 Å². The van der Waals surface area contributed by atoms with E-state index in [1.54, 1.807) is 0 Å². The van der Waals surface area contributed by atoms with Crippen molar-refractivity contribution in [3.8, 4) is 22.4 Å². The van der Waals surface area contributed by atoms with E-state index in [1.165, 1.54) is 6.92 Å². The molecular weight excluding hydrogens is 384 g/mol. The van der Waals surface area contributed by atoms with E-state index in [-0.39, 0.29) is 5.91 Å². The van der Waals surface area contributed by atoms with Gasteiger partial charge in [0.25, 0.3) is 5.91 Å². The molecule has 146 valence electrons. The highest BCUT2D eigenvalue weighted by Gasteiger charge is 2.20. The SMILES string of the molecule is CC(=O)N[n+]1c(C)cc(-c2ccccc2)cc1-c1ccccc1.[O-][Cl+3]([O-])([O-])[O-]. The van der Waals surface area contributed by atoms with Gasteiger partial charge in [0.1, 0.15) is 0 Å². The number of amides is 1. The zero-order valence-electron chi connectivity index (χ0n) is 15.3. The number of carbonyl (C=O) groups is 1. The van der Waals surface area contributed by atoms with Gasteiger partial charge in [0.05, 0.1) is 0 Å². The Balaban J connectivity index is 0.000000500. The number of hydrogen-bond donors (Lipinski definition) is 1. The Hall–Kier alpha value is -2.81. The lowest BCUT2D eigenvalue weighted by Gasteiger charge is -2.17. The van der Waals surface area contributed by atoms with Crippen LogP contribution in [0.15, 0.2) is 72.8 Å². The van der Waals surface area contributed by atoms with Gasteiger partial charge in [0.15, 0.2) is 0 Å². The van der Waals surface area contributed by atoms with Gasteiger partial charge in [-0.25, -0.2) is 18.6 Å². The van der Waals surface area contributed by atoms with E-state index in [0.29, 0.717) is 0 Å². The van der Waals surface area contributed by atoms with Crippen molar-refractivity contribution >= 4 is 5.91 Å². The molecule has 0 unspecified atom stereocenters. The molecule has 0 aliphatic rings. The molecule has 3 rings (SSSR count). The van der Waals surface area contributed by atoms with Gasteiger partial charge in [-0.1, -0.05) is 53.2 Å². The molecule has 1 N–H and O–H groups in total. The highest BCUT2D eigenvalue weighted by atomic mass is 35.7. The molecule has 0 saturated heterocycles. The predicted octanol–water partition coefficient (Wildman–Crippen LogP) is -1.05. The maximum atomic E-state index is 11.6. The number of nitrogens with zero attached hydrogens (tertiary/aromatic N) is 1. The fourth-order valence-corrected chi connectivity index (χ4v) is 2.66. The predicted molar refractivity (Wildman–Crippen MR) is 92.3 cm³/mol. The number of hydrogen-bond acceptors (Lipinski definition) is 5. The van der Waals surface area contributed by atoms with Crippen LogP contribution in [0.3, 0.4) is 0 Å². The summed E-state index contributed by atoms with van der Waals surface area (Å²) in [5.41, 5.74) is 8.17. The number of aromatic nitrogens is 1. The number of rotatable bonds is 3. The number of benzene rings is 2. The standard InChI is InChI=1S/C20H18N2O.ClHO4/c1-15-13-19(17-9-5-3-6-10-17)14-20(22(15)21-16(2)23)18-11-7-4-8-12-18;2-1(3,4)5/h3-14H,1-2H3;(H,2,3,4,5). The molecule has 7 nitrogen and oxygen atoms in total. The van der Waals surface area contributed by atoms with E-state index in [0.717, 1.165) is 28.1 Å². The Morgan fingerprint density at radius 3 is 1.75 bits per heavy atom. The maximum Gasteiger partial charge on any atom is 0.271 e. The quantitative estimate of drug-likeness (QED) is 0.559. The summed E-state index contributed by atoms with van der Waals surface area (Å²) >= 11 is 0. The molecule has 0 radical (unpaired) electrons. The first-order valence-corrected chi connectivity index (χ1v) is 9.45. The van der Waals surface area contributed by atoms with Crippen LogP contribution in [0.5, 0.6) is 0 Å². The summed E-state index contributed by atoms with van der Waals surface area (Å²) in [5, 5.41) is 0. The minimum atomic E-state index is -4.94. The third-order valence-electron chi connectivity index (χ3n) is 3.70. The zero-order valence-corrected chi connectivity index (χ0v) is 16.1. The molecule has 0 aliphatic heterocycles. The van der Waals surface area contributed by atoms with E-state index in [9.17, 15) is 4.79 Å². The molecule has 0 saturated carbocycles. The lowest BCUT2D eigenvalue weighted by atomic mass is 10.0. The van der Waals surface area contributed by atoms with Gasteiger partial charge in [0, 0.05) is 31.5 Å². The molecule has 0 fully saturated rings. The van der Waals surface area contributed by atoms with Crippen molar-refractivity contribution in [1.29, 1.82) is 0 Å². The fraction of sp³-hybridized carbons (Fsp3) is 0.100. The van der Waals surface area contributed by atoms with Gasteiger partial charge in [0.2, 0.25) is 11.4 Å². The van der Waals surface area contributed by atoms with Crippen LogP contribution in [-0.2, 0) is 4.79 Å². The van der Waals surface area contributed by atoms with Crippen molar-refractivity contribution in [2.75, 3.05) is 5.43 Å². The van der Waals surface area contributed by atoms with Crippen molar-refractivity contribution < 1.29 is 38.3 Å². The minimum absolute atomic E-state index is 0.0947. The molecule has 1 amide bonds. The van der Waals surface area contributed by atoms with Crippen LogP contribution in [-0.4, -0.2) is 5.91 Å². The lowest BCUT2D eigenvalue weighted by Crippen LogP contribution is -2.68. The van der Waals surface area contributed by atoms with E-state index >= 15 is 0 Å². The van der Waals surface area contributed by atoms with Crippen molar-refractivity contribution in [2.24, 2.45) is 0 Å². The molecule has 3 aromatic rings. The molecule has 8 heteroatoms. The van der Waals surface area contributed by atoms with E-state index in [1.807, 2.05) is 60.1 Å². The Morgan fingerprint density at radius 1 is 0.821 bits per heavy atom. The number of pyridine rings is 1. The highest BCUT2D eigenvalue weighted by molar-refractivity contribution is 5.79. The van der Waals surface area contributed by atoms with Gasteiger partial charge in [-0.3, -0.25) is 4.79 Å². The summed E-state index contributed by atoms with van der Waals surface area (Å²) < 4.78 is 35.8. The van der Waals surface area contributed by atoms with Crippen molar-refractivity contribution in [3.05, 3.63) is 78.5 Å². The molecule has 0 atom stereocenters. The van der Waals surface area contributed by atoms with Crippen molar-refractivity contribution in [1.82, 2.24) is 0 Å². The van der Waals surface area contributed by atoms with Crippen LogP contribution in [0.25, 0.3) is 22.4 Å². The first-order chi connectivity index (χ1) is 13.1. The van der Waals surface area contributed by atoms with Gasteiger partial charge >= 0.3 is 0 Å². The number of carbonyl (C=O) groups excluding carboxylic acids is 1. The summed E-state index contributed by atoms with van der Waals surface area (Å²) in [6.45, 7) is 3.52. The lowest BCUT2D eigenvalue weighted by molar-refractivity contribution is -2.00. The average Bonchev–Trinajstić information content (AvgIpc) is 2.63. The Kier molecular flexibility index (Phi) is 7.22. The first kappa shape index (κ1) is 21.5. The second-order valence-electron chi connectivity index (χ2n) is 5.88. The van der Waals surface area contributed by atoms with Crippen molar-refractivity contribution in [2.45, 2.75) is 13.8 Å². The smallest absolute Gasteiger partial charge is 0.270 e. The molecule has 1 heterocycles. The second kappa shape index (κ2) is 9.41. The van der Waals surface area contributed by atoms with Crippen molar-refractivity contribution in [3.63, 3.8) is 0 Å². The normalized spacial score (nSPS) is 10.6. The molecule has 28 heavy (non-hydrogen) atoms. The number of nitrogens with one attached hydrogen (secondary N) is 1. The average molecular weight is 403 g/mol. The Bertz CT molecular complexity index is 923. The van der Waals surface area contributed by atoms with Gasteiger partial charge in [-0.2, -0.15) is 0 Å². The first-order valence-electron chi connectivity index (χ1n) is 8.22. The minimum Gasteiger partial charge on any atom is -0.270 e. The van der Waals surface area contributed by atoms with Crippen LogP contribution < -0.4 is 28.7 Å². The molecule has 0 spiro atoms. The number of halogens is 1. The van der Waals surface area contributed by atoms with Crippen LogP contribution >= 0.6 is 0 Å². The third kappa shape index (κ3) is 6.73. The summed E-state index contributed by atoms with van der Waals surface area (Å²) in [6.07, 6.45) is 0. The van der Waals surface area contributed by atoms with E-state index in [2.05, 4.69) is 29.7 Å². The highest BCUT2D eigenvalue weighted by Crippen LogP contribution is 2.24. The summed E-state index contributed by atoms with van der Waals surface area (Å²) in [5.74, 6) is -0.0947. The van der Waals surface area contributed by atoms with Gasteiger partial charge in [-0.15, -0.1) is 15.7 Å². The second-order valence-corrected chi connectivity index (χ2v) is 6.64. The largest absolute Gasteiger partial charge is 0.271 e. The Morgan fingerprint density at radius 2 is 1.29 bits per heavy atom. The Labute approximate surface area is 164 Å². The summed E-state index contributed by atoms with van der Waals surface area (Å²) in [7, 11) is -4.94. The van der Waals surface area contributed by atoms with Gasteiger partial charge < -0.3 is 0 Å². The summed E-state index contributed by atoms with van der Waals surface area (Å²) in [4.78, 5) is 11.6. The topological polar surface area (TPSA) is 125 Å². The molecule has 0 bridgehead atoms. The van der Waals surface area contributed by atoms with E-state index < -0.39 is 10.2 Å². The maximum absolute atomic E-state index is 11.6. The monoisotopic (exact) mass is 402 g/mol. The summed E-state index contributed by atoms with van der Waals surface area (Å²) in [6, 6.07) is 24.5. The van der Waals surface area contributed by atoms with Crippen LogP contribution in [0.1, 0.15) is 12.6 Å². The molecule has 0 aliphatic carbocycles. The molecule has 1 aromatic heterocycles. The van der Waals surface area contributed by atoms with Gasteiger partial charge in [-0.05, 0) is 23.3 Å². The molecular formula is C20H19ClN2O5. The van der Waals surface area contributed by atoms with Crippen LogP contribution in [0.2, 0.25) is 0 Å². The number of aryl methyl sites for hydroxylation is 1.